The molecule has 1 aliphatic heterocycles. The summed E-state index contributed by atoms with van der Waals surface area (Å²) in [5, 5.41) is 8.87. The highest BCUT2D eigenvalue weighted by atomic mass is 16.4. The van der Waals surface area contributed by atoms with Crippen LogP contribution < -0.4 is 4.90 Å². The van der Waals surface area contributed by atoms with Crippen LogP contribution in [0.3, 0.4) is 0 Å². The number of amides is 1. The molecule has 1 amide bonds. The van der Waals surface area contributed by atoms with Crippen LogP contribution in [-0.4, -0.2) is 42.3 Å². The van der Waals surface area contributed by atoms with Gasteiger partial charge < -0.3 is 14.9 Å². The van der Waals surface area contributed by atoms with Crippen molar-refractivity contribution in [2.75, 3.05) is 31.1 Å². The summed E-state index contributed by atoms with van der Waals surface area (Å²) in [6.07, 6.45) is 0.235. The quantitative estimate of drug-likeness (QED) is 0.851. The predicted molar refractivity (Wildman–Crippen MR) is 67.6 cm³/mol. The Bertz CT molecular complexity index is 381. The van der Waals surface area contributed by atoms with Crippen molar-refractivity contribution < 1.29 is 9.90 Å². The molecule has 1 saturated heterocycles. The average molecular weight is 234 g/mol. The van der Waals surface area contributed by atoms with Gasteiger partial charge in [0.2, 0.25) is 0 Å². The Balaban J connectivity index is 1.97. The van der Waals surface area contributed by atoms with Gasteiger partial charge in [-0.05, 0) is 24.1 Å². The SMILES string of the molecule is CCc1ccc(N2CCN(C(=O)O)CC2)cc1. The average Bonchev–Trinajstić information content (AvgIpc) is 2.39. The molecule has 1 N–H and O–H groups in total. The second-order valence-corrected chi connectivity index (χ2v) is 4.28. The van der Waals surface area contributed by atoms with Crippen LogP contribution in [0.5, 0.6) is 0 Å². The van der Waals surface area contributed by atoms with E-state index in [-0.39, 0.29) is 0 Å². The Morgan fingerprint density at radius 3 is 2.24 bits per heavy atom. The molecule has 4 nitrogen and oxygen atoms in total. The van der Waals surface area contributed by atoms with E-state index in [0.717, 1.165) is 19.5 Å². The van der Waals surface area contributed by atoms with E-state index in [1.807, 2.05) is 0 Å². The lowest BCUT2D eigenvalue weighted by Crippen LogP contribution is -2.48. The highest BCUT2D eigenvalue weighted by molar-refractivity contribution is 5.65. The van der Waals surface area contributed by atoms with E-state index in [2.05, 4.69) is 36.1 Å². The molecule has 1 aromatic rings. The standard InChI is InChI=1S/C13H18N2O2/c1-2-11-3-5-12(6-4-11)14-7-9-15(10-8-14)13(16)17/h3-6H,2,7-10H2,1H3,(H,16,17). The molecule has 0 unspecified atom stereocenters. The third-order valence-electron chi connectivity index (χ3n) is 3.26. The van der Waals surface area contributed by atoms with Crippen molar-refractivity contribution in [3.8, 4) is 0 Å². The molecule has 1 aliphatic rings. The van der Waals surface area contributed by atoms with Gasteiger partial charge in [-0.25, -0.2) is 4.79 Å². The third-order valence-corrected chi connectivity index (χ3v) is 3.26. The molecule has 0 saturated carbocycles. The summed E-state index contributed by atoms with van der Waals surface area (Å²) in [6.45, 7) is 4.87. The first kappa shape index (κ1) is 11.8. The minimum Gasteiger partial charge on any atom is -0.465 e. The van der Waals surface area contributed by atoms with Gasteiger partial charge in [-0.2, -0.15) is 0 Å². The van der Waals surface area contributed by atoms with Crippen LogP contribution in [0, 0.1) is 0 Å². The van der Waals surface area contributed by atoms with Crippen molar-refractivity contribution in [1.82, 2.24) is 4.90 Å². The minimum absolute atomic E-state index is 0.588. The zero-order valence-electron chi connectivity index (χ0n) is 10.1. The van der Waals surface area contributed by atoms with Crippen LogP contribution in [0.1, 0.15) is 12.5 Å². The largest absolute Gasteiger partial charge is 0.465 e. The second-order valence-electron chi connectivity index (χ2n) is 4.28. The van der Waals surface area contributed by atoms with Gasteiger partial charge in [0.25, 0.3) is 0 Å². The van der Waals surface area contributed by atoms with E-state index in [1.165, 1.54) is 16.2 Å². The second kappa shape index (κ2) is 5.08. The minimum atomic E-state index is -0.814. The molecule has 0 spiro atoms. The summed E-state index contributed by atoms with van der Waals surface area (Å²) in [5.74, 6) is 0. The monoisotopic (exact) mass is 234 g/mol. The lowest BCUT2D eigenvalue weighted by atomic mass is 10.1. The van der Waals surface area contributed by atoms with E-state index < -0.39 is 6.09 Å². The van der Waals surface area contributed by atoms with Gasteiger partial charge in [-0.3, -0.25) is 0 Å². The zero-order valence-corrected chi connectivity index (χ0v) is 10.1. The van der Waals surface area contributed by atoms with Gasteiger partial charge in [0.1, 0.15) is 0 Å². The summed E-state index contributed by atoms with van der Waals surface area (Å²) < 4.78 is 0. The highest BCUT2D eigenvalue weighted by Crippen LogP contribution is 2.17. The van der Waals surface area contributed by atoms with Crippen molar-refractivity contribution >= 4 is 11.8 Å². The number of carboxylic acid groups (broad SMARTS) is 1. The number of carbonyl (C=O) groups is 1. The van der Waals surface area contributed by atoms with Crippen molar-refractivity contribution in [2.45, 2.75) is 13.3 Å². The Hall–Kier alpha value is -1.71. The van der Waals surface area contributed by atoms with Gasteiger partial charge >= 0.3 is 6.09 Å². The number of rotatable bonds is 2. The van der Waals surface area contributed by atoms with E-state index in [4.69, 9.17) is 5.11 Å². The highest BCUT2D eigenvalue weighted by Gasteiger charge is 2.20. The first-order chi connectivity index (χ1) is 8.20. The molecule has 0 bridgehead atoms. The summed E-state index contributed by atoms with van der Waals surface area (Å²) in [6, 6.07) is 8.52. The smallest absolute Gasteiger partial charge is 0.407 e. The zero-order chi connectivity index (χ0) is 12.3. The van der Waals surface area contributed by atoms with Gasteiger partial charge in [-0.1, -0.05) is 19.1 Å². The van der Waals surface area contributed by atoms with Crippen LogP contribution in [-0.2, 0) is 6.42 Å². The predicted octanol–water partition coefficient (Wildman–Crippen LogP) is 2.05. The van der Waals surface area contributed by atoms with E-state index in [9.17, 15) is 4.79 Å². The molecule has 92 valence electrons. The lowest BCUT2D eigenvalue weighted by Gasteiger charge is -2.34. The number of hydrogen-bond donors (Lipinski definition) is 1. The molecule has 1 aromatic carbocycles. The van der Waals surface area contributed by atoms with Crippen molar-refractivity contribution in [3.05, 3.63) is 29.8 Å². The summed E-state index contributed by atoms with van der Waals surface area (Å²) >= 11 is 0. The number of anilines is 1. The summed E-state index contributed by atoms with van der Waals surface area (Å²) in [4.78, 5) is 14.5. The topological polar surface area (TPSA) is 43.8 Å². The molecular weight excluding hydrogens is 216 g/mol. The maximum absolute atomic E-state index is 10.8. The first-order valence-electron chi connectivity index (χ1n) is 6.02. The van der Waals surface area contributed by atoms with Gasteiger partial charge in [0, 0.05) is 31.9 Å². The molecule has 4 heteroatoms. The van der Waals surface area contributed by atoms with E-state index >= 15 is 0 Å². The van der Waals surface area contributed by atoms with Gasteiger partial charge in [-0.15, -0.1) is 0 Å². The molecule has 0 radical (unpaired) electrons. The van der Waals surface area contributed by atoms with E-state index in [0.29, 0.717) is 13.1 Å². The van der Waals surface area contributed by atoms with Crippen molar-refractivity contribution in [3.63, 3.8) is 0 Å². The van der Waals surface area contributed by atoms with Gasteiger partial charge in [0.05, 0.1) is 0 Å². The molecule has 0 aliphatic carbocycles. The van der Waals surface area contributed by atoms with Crippen LogP contribution in [0.2, 0.25) is 0 Å². The summed E-state index contributed by atoms with van der Waals surface area (Å²) in [5.41, 5.74) is 2.52. The van der Waals surface area contributed by atoms with Gasteiger partial charge in [0.15, 0.2) is 0 Å². The Morgan fingerprint density at radius 1 is 1.18 bits per heavy atom. The van der Waals surface area contributed by atoms with Crippen molar-refractivity contribution in [1.29, 1.82) is 0 Å². The van der Waals surface area contributed by atoms with Crippen molar-refractivity contribution in [2.24, 2.45) is 0 Å². The molecule has 1 heterocycles. The normalized spacial score (nSPS) is 16.1. The number of piperazine rings is 1. The fraction of sp³-hybridized carbons (Fsp3) is 0.462. The van der Waals surface area contributed by atoms with E-state index in [1.54, 1.807) is 0 Å². The summed E-state index contributed by atoms with van der Waals surface area (Å²) in [7, 11) is 0. The number of benzene rings is 1. The van der Waals surface area contributed by atoms with Crippen LogP contribution in [0.4, 0.5) is 10.5 Å². The molecule has 1 fully saturated rings. The Morgan fingerprint density at radius 2 is 1.76 bits per heavy atom. The number of nitrogens with zero attached hydrogens (tertiary/aromatic N) is 2. The molecule has 2 rings (SSSR count). The van der Waals surface area contributed by atoms with Crippen LogP contribution >= 0.6 is 0 Å². The molecular formula is C13H18N2O2. The van der Waals surface area contributed by atoms with Crippen LogP contribution in [0.25, 0.3) is 0 Å². The lowest BCUT2D eigenvalue weighted by molar-refractivity contribution is 0.142. The fourth-order valence-corrected chi connectivity index (χ4v) is 2.10. The number of hydrogen-bond acceptors (Lipinski definition) is 2. The maximum Gasteiger partial charge on any atom is 0.407 e. The van der Waals surface area contributed by atoms with Crippen LogP contribution in [0.15, 0.2) is 24.3 Å². The Kier molecular flexibility index (Phi) is 3.52. The first-order valence-corrected chi connectivity index (χ1v) is 6.02. The molecule has 0 aromatic heterocycles. The maximum atomic E-state index is 10.8. The Labute approximate surface area is 101 Å². The fourth-order valence-electron chi connectivity index (χ4n) is 2.10. The third kappa shape index (κ3) is 2.70. The number of aryl methyl sites for hydroxylation is 1. The molecule has 0 atom stereocenters. The molecule has 17 heavy (non-hydrogen) atoms.